The van der Waals surface area contributed by atoms with Gasteiger partial charge in [0.2, 0.25) is 5.95 Å². The fourth-order valence-corrected chi connectivity index (χ4v) is 4.35. The van der Waals surface area contributed by atoms with Gasteiger partial charge in [-0.2, -0.15) is 0 Å². The molecule has 0 aliphatic carbocycles. The summed E-state index contributed by atoms with van der Waals surface area (Å²) in [6.07, 6.45) is 7.85. The first-order chi connectivity index (χ1) is 10.9. The molecule has 0 radical (unpaired) electrons. The Bertz CT molecular complexity index is 473. The van der Waals surface area contributed by atoms with Crippen molar-refractivity contribution in [3.63, 3.8) is 0 Å². The quantitative estimate of drug-likeness (QED) is 0.838. The van der Waals surface area contributed by atoms with Crippen LogP contribution in [0.1, 0.15) is 19.3 Å². The van der Waals surface area contributed by atoms with Gasteiger partial charge in [-0.15, -0.1) is 0 Å². The lowest BCUT2D eigenvalue weighted by Crippen LogP contribution is -2.43. The molecule has 4 rings (SSSR count). The van der Waals surface area contributed by atoms with Crippen molar-refractivity contribution >= 4 is 5.95 Å². The van der Waals surface area contributed by atoms with E-state index in [-0.39, 0.29) is 0 Å². The molecule has 5 nitrogen and oxygen atoms in total. The molecule has 3 aliphatic rings. The van der Waals surface area contributed by atoms with Crippen molar-refractivity contribution in [3.8, 4) is 0 Å². The fourth-order valence-electron chi connectivity index (χ4n) is 4.35. The number of aromatic nitrogens is 2. The fraction of sp³-hybridized carbons (Fsp3) is 0.765. The summed E-state index contributed by atoms with van der Waals surface area (Å²) in [5.74, 6) is 2.56. The number of fused-ring (bicyclic) bond motifs is 1. The van der Waals surface area contributed by atoms with E-state index in [1.807, 2.05) is 18.5 Å². The highest BCUT2D eigenvalue weighted by atomic mass is 15.3. The standard InChI is InChI=1S/C17H27N5/c1-2-8-20(7-1)10-11-21-9-4-15-13-22(14-16(15)12-21)17-18-5-3-6-19-17/h3,5-6,15-16H,1-2,4,7-14H2/t15-,16+/m1/s1. The van der Waals surface area contributed by atoms with Crippen LogP contribution < -0.4 is 4.90 Å². The Kier molecular flexibility index (Phi) is 4.26. The number of nitrogens with zero attached hydrogens (tertiary/aromatic N) is 5. The third kappa shape index (κ3) is 3.10. The summed E-state index contributed by atoms with van der Waals surface area (Å²) in [6.45, 7) is 9.98. The van der Waals surface area contributed by atoms with Crippen molar-refractivity contribution in [1.29, 1.82) is 0 Å². The summed E-state index contributed by atoms with van der Waals surface area (Å²) in [5, 5.41) is 0. The van der Waals surface area contributed by atoms with Crippen LogP contribution in [0, 0.1) is 11.8 Å². The van der Waals surface area contributed by atoms with Gasteiger partial charge in [-0.3, -0.25) is 0 Å². The van der Waals surface area contributed by atoms with Gasteiger partial charge in [0, 0.05) is 45.1 Å². The molecule has 4 heterocycles. The van der Waals surface area contributed by atoms with Gasteiger partial charge in [0.25, 0.3) is 0 Å². The number of rotatable bonds is 4. The molecule has 1 aromatic rings. The first kappa shape index (κ1) is 14.4. The van der Waals surface area contributed by atoms with E-state index < -0.39 is 0 Å². The lowest BCUT2D eigenvalue weighted by Gasteiger charge is -2.35. The predicted molar refractivity (Wildman–Crippen MR) is 88.0 cm³/mol. The number of likely N-dealkylation sites (tertiary alicyclic amines) is 2. The summed E-state index contributed by atoms with van der Waals surface area (Å²) < 4.78 is 0. The van der Waals surface area contributed by atoms with E-state index in [0.29, 0.717) is 0 Å². The van der Waals surface area contributed by atoms with Crippen LogP contribution in [0.2, 0.25) is 0 Å². The van der Waals surface area contributed by atoms with Gasteiger partial charge < -0.3 is 14.7 Å². The zero-order valence-corrected chi connectivity index (χ0v) is 13.4. The molecule has 3 fully saturated rings. The molecule has 0 saturated carbocycles. The second-order valence-electron chi connectivity index (χ2n) is 7.11. The Balaban J connectivity index is 1.30. The maximum atomic E-state index is 4.42. The first-order valence-electron chi connectivity index (χ1n) is 8.85. The summed E-state index contributed by atoms with van der Waals surface area (Å²) >= 11 is 0. The smallest absolute Gasteiger partial charge is 0.225 e. The largest absolute Gasteiger partial charge is 0.340 e. The number of hydrogen-bond acceptors (Lipinski definition) is 5. The van der Waals surface area contributed by atoms with Crippen LogP contribution in [0.3, 0.4) is 0 Å². The van der Waals surface area contributed by atoms with Crippen molar-refractivity contribution in [1.82, 2.24) is 19.8 Å². The van der Waals surface area contributed by atoms with E-state index >= 15 is 0 Å². The van der Waals surface area contributed by atoms with Gasteiger partial charge in [-0.25, -0.2) is 9.97 Å². The SMILES string of the molecule is c1cnc(N2C[C@H]3CCN(CCN4CCCC4)C[C@H]3C2)nc1. The molecular formula is C17H27N5. The Morgan fingerprint density at radius 1 is 0.864 bits per heavy atom. The summed E-state index contributed by atoms with van der Waals surface area (Å²) in [4.78, 5) is 16.5. The average molecular weight is 301 g/mol. The molecule has 3 saturated heterocycles. The lowest BCUT2D eigenvalue weighted by molar-refractivity contribution is 0.135. The van der Waals surface area contributed by atoms with Gasteiger partial charge in [0.15, 0.2) is 0 Å². The predicted octanol–water partition coefficient (Wildman–Crippen LogP) is 1.33. The van der Waals surface area contributed by atoms with E-state index in [4.69, 9.17) is 0 Å². The number of anilines is 1. The molecule has 22 heavy (non-hydrogen) atoms. The molecule has 0 N–H and O–H groups in total. The summed E-state index contributed by atoms with van der Waals surface area (Å²) in [5.41, 5.74) is 0. The molecule has 0 spiro atoms. The molecule has 120 valence electrons. The van der Waals surface area contributed by atoms with Crippen LogP contribution in [0.15, 0.2) is 18.5 Å². The van der Waals surface area contributed by atoms with Crippen molar-refractivity contribution < 1.29 is 0 Å². The minimum atomic E-state index is 0.802. The van der Waals surface area contributed by atoms with Crippen LogP contribution in [0.25, 0.3) is 0 Å². The van der Waals surface area contributed by atoms with Crippen LogP contribution in [-0.4, -0.2) is 72.1 Å². The van der Waals surface area contributed by atoms with Gasteiger partial charge in [0.1, 0.15) is 0 Å². The van der Waals surface area contributed by atoms with Crippen LogP contribution in [0.4, 0.5) is 5.95 Å². The molecule has 5 heteroatoms. The van der Waals surface area contributed by atoms with Crippen LogP contribution in [-0.2, 0) is 0 Å². The maximum absolute atomic E-state index is 4.42. The molecule has 0 amide bonds. The molecular weight excluding hydrogens is 274 g/mol. The van der Waals surface area contributed by atoms with E-state index in [9.17, 15) is 0 Å². The van der Waals surface area contributed by atoms with Crippen molar-refractivity contribution in [2.45, 2.75) is 19.3 Å². The van der Waals surface area contributed by atoms with Crippen LogP contribution >= 0.6 is 0 Å². The minimum absolute atomic E-state index is 0.802. The minimum Gasteiger partial charge on any atom is -0.340 e. The molecule has 0 unspecified atom stereocenters. The Morgan fingerprint density at radius 3 is 2.41 bits per heavy atom. The number of hydrogen-bond donors (Lipinski definition) is 0. The highest BCUT2D eigenvalue weighted by Gasteiger charge is 2.37. The highest BCUT2D eigenvalue weighted by molar-refractivity contribution is 5.31. The zero-order chi connectivity index (χ0) is 14.8. The molecule has 0 aromatic carbocycles. The summed E-state index contributed by atoms with van der Waals surface area (Å²) in [7, 11) is 0. The van der Waals surface area contributed by atoms with E-state index in [2.05, 4.69) is 24.7 Å². The second kappa shape index (κ2) is 6.50. The summed E-state index contributed by atoms with van der Waals surface area (Å²) in [6, 6.07) is 1.90. The van der Waals surface area contributed by atoms with Gasteiger partial charge >= 0.3 is 0 Å². The Hall–Kier alpha value is -1.20. The molecule has 0 bridgehead atoms. The van der Waals surface area contributed by atoms with E-state index in [0.717, 1.165) is 30.9 Å². The molecule has 1 aromatic heterocycles. The number of piperidine rings is 1. The highest BCUT2D eigenvalue weighted by Crippen LogP contribution is 2.32. The van der Waals surface area contributed by atoms with Crippen molar-refractivity contribution in [3.05, 3.63) is 18.5 Å². The Labute approximate surface area is 133 Å². The Morgan fingerprint density at radius 2 is 1.59 bits per heavy atom. The van der Waals surface area contributed by atoms with Gasteiger partial charge in [-0.05, 0) is 56.8 Å². The van der Waals surface area contributed by atoms with Crippen molar-refractivity contribution in [2.75, 3.05) is 57.3 Å². The second-order valence-corrected chi connectivity index (χ2v) is 7.11. The average Bonchev–Trinajstić information content (AvgIpc) is 3.22. The topological polar surface area (TPSA) is 35.5 Å². The normalized spacial score (nSPS) is 29.9. The maximum Gasteiger partial charge on any atom is 0.225 e. The monoisotopic (exact) mass is 301 g/mol. The van der Waals surface area contributed by atoms with Crippen LogP contribution in [0.5, 0.6) is 0 Å². The zero-order valence-electron chi connectivity index (χ0n) is 13.4. The van der Waals surface area contributed by atoms with Gasteiger partial charge in [-0.1, -0.05) is 0 Å². The van der Waals surface area contributed by atoms with Gasteiger partial charge in [0.05, 0.1) is 0 Å². The third-order valence-electron chi connectivity index (χ3n) is 5.65. The third-order valence-corrected chi connectivity index (χ3v) is 5.65. The van der Waals surface area contributed by atoms with E-state index in [1.54, 1.807) is 0 Å². The first-order valence-corrected chi connectivity index (χ1v) is 8.85. The molecule has 3 aliphatic heterocycles. The molecule has 2 atom stereocenters. The van der Waals surface area contributed by atoms with E-state index in [1.165, 1.54) is 58.5 Å². The van der Waals surface area contributed by atoms with Crippen molar-refractivity contribution in [2.24, 2.45) is 11.8 Å². The lowest BCUT2D eigenvalue weighted by atomic mass is 9.89.